The highest BCUT2D eigenvalue weighted by atomic mass is 28.3. The molecule has 3 unspecified atom stereocenters. The van der Waals surface area contributed by atoms with Crippen LogP contribution in [0.1, 0.15) is 117 Å². The zero-order valence-corrected chi connectivity index (χ0v) is 34.7. The molecular weight excluding hydrogens is 675 g/mol. The lowest BCUT2D eigenvalue weighted by molar-refractivity contribution is -0.726. The first-order chi connectivity index (χ1) is 25.9. The summed E-state index contributed by atoms with van der Waals surface area (Å²) >= 11 is 0. The summed E-state index contributed by atoms with van der Waals surface area (Å²) in [5.41, 5.74) is 15.8. The van der Waals surface area contributed by atoms with Crippen molar-refractivity contribution >= 4 is 41.0 Å². The summed E-state index contributed by atoms with van der Waals surface area (Å²) in [7, 11) is -1.70. The second-order valence-corrected chi connectivity index (χ2v) is 23.3. The van der Waals surface area contributed by atoms with Crippen LogP contribution in [-0.4, -0.2) is 13.1 Å². The second-order valence-electron chi connectivity index (χ2n) is 18.2. The van der Waals surface area contributed by atoms with Gasteiger partial charge in [0.05, 0.1) is 19.6 Å². The predicted molar refractivity (Wildman–Crippen MR) is 226 cm³/mol. The largest absolute Gasteiger partial charge is 0.437 e. The van der Waals surface area contributed by atoms with Crippen LogP contribution >= 0.6 is 0 Å². The monoisotopic (exact) mass is 731 g/mol. The van der Waals surface area contributed by atoms with Gasteiger partial charge in [-0.2, -0.15) is 9.13 Å². The van der Waals surface area contributed by atoms with E-state index < -0.39 is 8.07 Å². The van der Waals surface area contributed by atoms with Gasteiger partial charge in [0.15, 0.2) is 18.0 Å². The highest BCUT2D eigenvalue weighted by Gasteiger charge is 2.48. The summed E-state index contributed by atoms with van der Waals surface area (Å²) < 4.78 is 12.0. The van der Waals surface area contributed by atoms with E-state index in [0.717, 1.165) is 40.9 Å². The van der Waals surface area contributed by atoms with Gasteiger partial charge in [-0.25, -0.2) is 4.98 Å². The molecule has 54 heavy (non-hydrogen) atoms. The Morgan fingerprint density at radius 3 is 2.43 bits per heavy atom. The van der Waals surface area contributed by atoms with E-state index in [4.69, 9.17) is 16.0 Å². The average molecular weight is 732 g/mol. The Morgan fingerprint density at radius 2 is 1.67 bits per heavy atom. The zero-order chi connectivity index (χ0) is 37.6. The number of aryl methyl sites for hydroxylation is 3. The Labute approximate surface area is 323 Å². The number of fused-ring (bicyclic) bond motifs is 13. The topological polar surface area (TPSA) is 33.8 Å². The van der Waals surface area contributed by atoms with Crippen LogP contribution in [0.5, 0.6) is 0 Å². The third kappa shape index (κ3) is 5.63. The van der Waals surface area contributed by atoms with Gasteiger partial charge in [0.1, 0.15) is 0 Å². The van der Waals surface area contributed by atoms with Crippen LogP contribution in [0.25, 0.3) is 50.3 Å². The van der Waals surface area contributed by atoms with Gasteiger partial charge >= 0.3 is 0 Å². The van der Waals surface area contributed by atoms with E-state index in [9.17, 15) is 0 Å². The molecule has 3 atom stereocenters. The van der Waals surface area contributed by atoms with Crippen LogP contribution in [-0.2, 0) is 6.42 Å². The average Bonchev–Trinajstić information content (AvgIpc) is 3.55. The molecule has 0 amide bonds. The van der Waals surface area contributed by atoms with E-state index in [0.29, 0.717) is 17.8 Å². The van der Waals surface area contributed by atoms with Gasteiger partial charge < -0.3 is 4.42 Å². The highest BCUT2D eigenvalue weighted by Crippen LogP contribution is 2.48. The molecule has 2 aromatic carbocycles. The predicted octanol–water partition coefficient (Wildman–Crippen LogP) is 11.6. The highest BCUT2D eigenvalue weighted by molar-refractivity contribution is 6.89. The number of allylic oxidation sites excluding steroid dienone is 1. The quantitative estimate of drug-likeness (QED) is 0.134. The van der Waals surface area contributed by atoms with Gasteiger partial charge in [0, 0.05) is 45.4 Å². The minimum atomic E-state index is -1.70. The Kier molecular flexibility index (Phi) is 8.61. The van der Waals surface area contributed by atoms with Crippen LogP contribution in [0.2, 0.25) is 19.6 Å². The maximum Gasteiger partial charge on any atom is 0.249 e. The summed E-state index contributed by atoms with van der Waals surface area (Å²) in [6.07, 6.45) is 13.6. The molecular formula is C49H57N3OSi+2. The van der Waals surface area contributed by atoms with Crippen LogP contribution < -0.4 is 14.3 Å². The minimum absolute atomic E-state index is 0.0578. The molecule has 1 fully saturated rings. The number of hydrogen-bond acceptors (Lipinski definition) is 2. The molecule has 276 valence electrons. The number of hydrogen-bond donors (Lipinski definition) is 0. The van der Waals surface area contributed by atoms with E-state index in [-0.39, 0.29) is 12.0 Å². The summed E-state index contributed by atoms with van der Waals surface area (Å²) in [5, 5.41) is 3.83. The molecule has 0 bridgehead atoms. The standard InChI is InChI=1S/C49H57N3OSi/c1-29(2)41-27-42-38-18-14-13-17-37(38)39-22-20-36-25-30(3)45-40-21-19-31(4)50-49(40)53-48(45)46(36)43-26-35(32(5)34-15-11-10-12-16-34)23-24-51(43)33(6)47(39)52(42)28-44(41)54(7,8)9/h13-14,17-19,21,23-29,32,34,39,47H,6,10-12,15-16,20,22H2,1-5,7-9H3/q+2. The minimum Gasteiger partial charge on any atom is -0.437 e. The fraction of sp³-hybridized carbons (Fsp3) is 0.408. The summed E-state index contributed by atoms with van der Waals surface area (Å²) in [6.45, 7) is 24.1. The van der Waals surface area contributed by atoms with Gasteiger partial charge in [-0.05, 0) is 110 Å². The van der Waals surface area contributed by atoms with Crippen LogP contribution in [0.15, 0.2) is 84.1 Å². The number of aromatic nitrogens is 3. The molecule has 5 heteroatoms. The van der Waals surface area contributed by atoms with Crippen LogP contribution in [0.3, 0.4) is 0 Å². The van der Waals surface area contributed by atoms with Gasteiger partial charge in [0.25, 0.3) is 0 Å². The van der Waals surface area contributed by atoms with Crippen molar-refractivity contribution in [3.63, 3.8) is 0 Å². The van der Waals surface area contributed by atoms with Gasteiger partial charge in [0.2, 0.25) is 28.8 Å². The molecule has 1 aliphatic carbocycles. The molecule has 0 spiro atoms. The van der Waals surface area contributed by atoms with Gasteiger partial charge in [-0.3, -0.25) is 0 Å². The number of furan rings is 1. The van der Waals surface area contributed by atoms with Crippen molar-refractivity contribution in [2.75, 3.05) is 0 Å². The van der Waals surface area contributed by atoms with Gasteiger partial charge in [-0.15, -0.1) is 0 Å². The third-order valence-corrected chi connectivity index (χ3v) is 15.5. The number of rotatable bonds is 4. The Bertz CT molecular complexity index is 2480. The molecule has 1 saturated carbocycles. The molecule has 9 rings (SSSR count). The second kappa shape index (κ2) is 13.1. The smallest absolute Gasteiger partial charge is 0.249 e. The zero-order valence-electron chi connectivity index (χ0n) is 33.7. The van der Waals surface area contributed by atoms with E-state index in [1.807, 2.05) is 0 Å². The number of benzene rings is 2. The Morgan fingerprint density at radius 1 is 0.889 bits per heavy atom. The molecule has 2 aliphatic heterocycles. The van der Waals surface area contributed by atoms with Crippen LogP contribution in [0, 0.1) is 19.8 Å². The van der Waals surface area contributed by atoms with Crippen molar-refractivity contribution in [2.45, 2.75) is 123 Å². The lowest BCUT2D eigenvalue weighted by Crippen LogP contribution is -2.57. The van der Waals surface area contributed by atoms with E-state index >= 15 is 0 Å². The van der Waals surface area contributed by atoms with Crippen LogP contribution in [0.4, 0.5) is 0 Å². The fourth-order valence-electron chi connectivity index (χ4n) is 10.5. The maximum absolute atomic E-state index is 6.92. The summed E-state index contributed by atoms with van der Waals surface area (Å²) in [4.78, 5) is 4.91. The van der Waals surface area contributed by atoms with E-state index in [1.54, 1.807) is 5.19 Å². The number of nitrogens with zero attached hydrogens (tertiary/aromatic N) is 3. The molecule has 3 aliphatic rings. The molecule has 6 heterocycles. The Balaban J connectivity index is 1.34. The SMILES string of the molecule is C=C1C2C(CCc3cc(C)c4c(oc5nc(C)ccc54)c3-c3cc(C(C)C4CCCCC4)cc[n+]31)c1ccccc1-c1cc(C(C)C)c([Si](C)(C)C)c[n+]12. The maximum atomic E-state index is 6.92. The van der Waals surface area contributed by atoms with E-state index in [2.05, 4.69) is 136 Å². The van der Waals surface area contributed by atoms with Crippen molar-refractivity contribution in [2.24, 2.45) is 5.92 Å². The molecule has 4 aromatic heterocycles. The first-order valence-corrected chi connectivity index (χ1v) is 24.2. The fourth-order valence-corrected chi connectivity index (χ4v) is 12.3. The van der Waals surface area contributed by atoms with Crippen molar-refractivity contribution in [3.05, 3.63) is 113 Å². The molecule has 0 N–H and O–H groups in total. The summed E-state index contributed by atoms with van der Waals surface area (Å²) in [6, 6.07) is 23.5. The van der Waals surface area contributed by atoms with Crippen molar-refractivity contribution < 1.29 is 13.6 Å². The van der Waals surface area contributed by atoms with E-state index in [1.165, 1.54) is 87.8 Å². The number of pyridine rings is 3. The normalized spacial score (nSPS) is 19.4. The lowest BCUT2D eigenvalue weighted by atomic mass is 9.77. The van der Waals surface area contributed by atoms with Crippen molar-refractivity contribution in [1.29, 1.82) is 0 Å². The Hall–Kier alpha value is -4.35. The van der Waals surface area contributed by atoms with Gasteiger partial charge in [-0.1, -0.05) is 83.9 Å². The first-order valence-electron chi connectivity index (χ1n) is 20.7. The van der Waals surface area contributed by atoms with Crippen molar-refractivity contribution in [1.82, 2.24) is 4.98 Å². The molecule has 4 nitrogen and oxygen atoms in total. The lowest BCUT2D eigenvalue weighted by Gasteiger charge is -2.32. The molecule has 0 radical (unpaired) electrons. The first kappa shape index (κ1) is 35.4. The molecule has 6 aromatic rings. The third-order valence-electron chi connectivity index (χ3n) is 13.4. The molecule has 0 saturated heterocycles. The summed E-state index contributed by atoms with van der Waals surface area (Å²) in [5.74, 6) is 1.91. The van der Waals surface area contributed by atoms with Crippen molar-refractivity contribution in [3.8, 4) is 22.5 Å².